The zero-order chi connectivity index (χ0) is 19.5. The lowest BCUT2D eigenvalue weighted by molar-refractivity contribution is 0.112. The molecular formula is C24H31N3O. The van der Waals surface area contributed by atoms with E-state index >= 15 is 0 Å². The number of fused-ring (bicyclic) bond motifs is 2. The van der Waals surface area contributed by atoms with Crippen LogP contribution in [0.25, 0.3) is 0 Å². The molecule has 0 radical (unpaired) electrons. The van der Waals surface area contributed by atoms with Crippen LogP contribution in [0.5, 0.6) is 0 Å². The fourth-order valence-electron chi connectivity index (χ4n) is 4.75. The second kappa shape index (κ2) is 8.36. The Bertz CT molecular complexity index is 773. The van der Waals surface area contributed by atoms with Crippen molar-refractivity contribution in [3.05, 3.63) is 65.7 Å². The summed E-state index contributed by atoms with van der Waals surface area (Å²) in [5.74, 6) is 0.499. The molecule has 148 valence electrons. The smallest absolute Gasteiger partial charge is 0.319 e. The monoisotopic (exact) mass is 377 g/mol. The van der Waals surface area contributed by atoms with Gasteiger partial charge in [-0.2, -0.15) is 0 Å². The summed E-state index contributed by atoms with van der Waals surface area (Å²) >= 11 is 0. The Kier molecular flexibility index (Phi) is 5.67. The highest BCUT2D eigenvalue weighted by atomic mass is 16.2. The number of benzene rings is 2. The standard InChI is InChI=1S/C24H31N3O/c1-17(2)19-8-10-20(11-9-19)25-24(28)26-21-14-22-12-13-23(15-21)27(22)16-18-6-4-3-5-7-18/h3-11,17,21-23H,12-16H2,1-2H3,(H2,25,26,28)/t22-,23-/m1/s1. The summed E-state index contributed by atoms with van der Waals surface area (Å²) in [5, 5.41) is 6.21. The van der Waals surface area contributed by atoms with Gasteiger partial charge in [-0.25, -0.2) is 4.79 Å². The van der Waals surface area contributed by atoms with E-state index in [1.165, 1.54) is 24.0 Å². The molecule has 0 aromatic heterocycles. The predicted octanol–water partition coefficient (Wildman–Crippen LogP) is 5.13. The first-order chi connectivity index (χ1) is 13.6. The van der Waals surface area contributed by atoms with E-state index in [1.807, 2.05) is 12.1 Å². The lowest BCUT2D eigenvalue weighted by Crippen LogP contribution is -2.50. The number of hydrogen-bond acceptors (Lipinski definition) is 2. The van der Waals surface area contributed by atoms with Gasteiger partial charge in [-0.05, 0) is 54.9 Å². The Labute approximate surface area is 168 Å². The van der Waals surface area contributed by atoms with Crippen molar-refractivity contribution >= 4 is 11.7 Å². The molecule has 2 bridgehead atoms. The number of carbonyl (C=O) groups excluding carboxylic acids is 1. The minimum absolute atomic E-state index is 0.0850. The van der Waals surface area contributed by atoms with Gasteiger partial charge in [0.25, 0.3) is 0 Å². The Morgan fingerprint density at radius 3 is 2.25 bits per heavy atom. The first kappa shape index (κ1) is 19.0. The van der Waals surface area contributed by atoms with Crippen molar-refractivity contribution < 1.29 is 4.79 Å². The van der Waals surface area contributed by atoms with Gasteiger partial charge < -0.3 is 10.6 Å². The van der Waals surface area contributed by atoms with Crippen LogP contribution in [0.3, 0.4) is 0 Å². The van der Waals surface area contributed by atoms with Gasteiger partial charge in [0.2, 0.25) is 0 Å². The summed E-state index contributed by atoms with van der Waals surface area (Å²) < 4.78 is 0. The zero-order valence-electron chi connectivity index (χ0n) is 16.9. The van der Waals surface area contributed by atoms with E-state index in [4.69, 9.17) is 0 Å². The number of nitrogens with zero attached hydrogens (tertiary/aromatic N) is 1. The second-order valence-corrected chi connectivity index (χ2v) is 8.59. The molecule has 28 heavy (non-hydrogen) atoms. The highest BCUT2D eigenvalue weighted by molar-refractivity contribution is 5.89. The van der Waals surface area contributed by atoms with Crippen molar-refractivity contribution in [3.63, 3.8) is 0 Å². The van der Waals surface area contributed by atoms with Crippen LogP contribution in [-0.4, -0.2) is 29.1 Å². The summed E-state index contributed by atoms with van der Waals surface area (Å²) in [4.78, 5) is 15.1. The molecule has 2 fully saturated rings. The minimum Gasteiger partial charge on any atom is -0.335 e. The SMILES string of the molecule is CC(C)c1ccc(NC(=O)NC2C[C@H]3CC[C@H](C2)N3Cc2ccccc2)cc1. The molecule has 2 heterocycles. The van der Waals surface area contributed by atoms with Crippen LogP contribution in [0.4, 0.5) is 10.5 Å². The Hall–Kier alpha value is -2.33. The largest absolute Gasteiger partial charge is 0.335 e. The number of anilines is 1. The minimum atomic E-state index is -0.0850. The molecule has 4 heteroatoms. The molecule has 2 aromatic carbocycles. The summed E-state index contributed by atoms with van der Waals surface area (Å²) in [5.41, 5.74) is 3.52. The van der Waals surface area contributed by atoms with Crippen molar-refractivity contribution in [1.82, 2.24) is 10.2 Å². The Morgan fingerprint density at radius 2 is 1.64 bits per heavy atom. The molecule has 0 aliphatic carbocycles. The van der Waals surface area contributed by atoms with Crippen molar-refractivity contribution in [2.45, 2.75) is 70.1 Å². The predicted molar refractivity (Wildman–Crippen MR) is 115 cm³/mol. The molecule has 2 amide bonds. The fraction of sp³-hybridized carbons (Fsp3) is 0.458. The van der Waals surface area contributed by atoms with Crippen LogP contribution in [0, 0.1) is 0 Å². The number of carbonyl (C=O) groups is 1. The lowest BCUT2D eigenvalue weighted by atomic mass is 9.96. The van der Waals surface area contributed by atoms with E-state index in [0.717, 1.165) is 25.1 Å². The third-order valence-corrected chi connectivity index (χ3v) is 6.26. The molecule has 2 N–H and O–H groups in total. The van der Waals surface area contributed by atoms with E-state index in [1.54, 1.807) is 0 Å². The van der Waals surface area contributed by atoms with Gasteiger partial charge in [0, 0.05) is 30.4 Å². The zero-order valence-corrected chi connectivity index (χ0v) is 16.9. The first-order valence-electron chi connectivity index (χ1n) is 10.6. The maximum Gasteiger partial charge on any atom is 0.319 e. The lowest BCUT2D eigenvalue weighted by Gasteiger charge is -2.39. The molecule has 4 nitrogen and oxygen atoms in total. The number of amides is 2. The van der Waals surface area contributed by atoms with Gasteiger partial charge in [0.1, 0.15) is 0 Å². The third kappa shape index (κ3) is 4.39. The van der Waals surface area contributed by atoms with Crippen LogP contribution in [0.1, 0.15) is 56.6 Å². The molecule has 2 aliphatic rings. The second-order valence-electron chi connectivity index (χ2n) is 8.59. The van der Waals surface area contributed by atoms with Gasteiger partial charge in [0.15, 0.2) is 0 Å². The van der Waals surface area contributed by atoms with E-state index in [9.17, 15) is 4.79 Å². The van der Waals surface area contributed by atoms with Crippen LogP contribution >= 0.6 is 0 Å². The third-order valence-electron chi connectivity index (χ3n) is 6.26. The summed E-state index contributed by atoms with van der Waals surface area (Å²) in [6.07, 6.45) is 4.58. The van der Waals surface area contributed by atoms with Crippen LogP contribution < -0.4 is 10.6 Å². The van der Waals surface area contributed by atoms with E-state index < -0.39 is 0 Å². The summed E-state index contributed by atoms with van der Waals surface area (Å²) in [7, 11) is 0. The highest BCUT2D eigenvalue weighted by Crippen LogP contribution is 2.36. The number of nitrogens with one attached hydrogen (secondary N) is 2. The van der Waals surface area contributed by atoms with Crippen LogP contribution in [-0.2, 0) is 6.54 Å². The highest BCUT2D eigenvalue weighted by Gasteiger charge is 2.40. The van der Waals surface area contributed by atoms with Crippen molar-refractivity contribution in [1.29, 1.82) is 0 Å². The molecule has 2 atom stereocenters. The molecule has 4 rings (SSSR count). The van der Waals surface area contributed by atoms with Crippen molar-refractivity contribution in [2.24, 2.45) is 0 Å². The normalized spacial score (nSPS) is 24.3. The summed E-state index contributed by atoms with van der Waals surface area (Å²) in [6.45, 7) is 5.37. The van der Waals surface area contributed by atoms with Crippen LogP contribution in [0.2, 0.25) is 0 Å². The maximum absolute atomic E-state index is 12.5. The average Bonchev–Trinajstić information content (AvgIpc) is 2.91. The quantitative estimate of drug-likeness (QED) is 0.759. The Morgan fingerprint density at radius 1 is 1.00 bits per heavy atom. The molecule has 0 unspecified atom stereocenters. The first-order valence-corrected chi connectivity index (χ1v) is 10.6. The van der Waals surface area contributed by atoms with Crippen molar-refractivity contribution in [3.8, 4) is 0 Å². The van der Waals surface area contributed by atoms with E-state index in [-0.39, 0.29) is 12.1 Å². The molecule has 2 aromatic rings. The maximum atomic E-state index is 12.5. The molecule has 0 saturated carbocycles. The Balaban J connectivity index is 1.30. The number of rotatable bonds is 5. The number of piperidine rings is 1. The van der Waals surface area contributed by atoms with Gasteiger partial charge in [0.05, 0.1) is 0 Å². The van der Waals surface area contributed by atoms with Crippen molar-refractivity contribution in [2.75, 3.05) is 5.32 Å². The van der Waals surface area contributed by atoms with Gasteiger partial charge >= 0.3 is 6.03 Å². The molecule has 0 spiro atoms. The van der Waals surface area contributed by atoms with E-state index in [0.29, 0.717) is 18.0 Å². The molecule has 2 aliphatic heterocycles. The summed E-state index contributed by atoms with van der Waals surface area (Å²) in [6, 6.07) is 20.2. The molecule has 2 saturated heterocycles. The van der Waals surface area contributed by atoms with E-state index in [2.05, 4.69) is 71.8 Å². The fourth-order valence-corrected chi connectivity index (χ4v) is 4.75. The van der Waals surface area contributed by atoms with Gasteiger partial charge in [-0.1, -0.05) is 56.3 Å². The number of urea groups is 1. The van der Waals surface area contributed by atoms with Crippen LogP contribution in [0.15, 0.2) is 54.6 Å². The van der Waals surface area contributed by atoms with Gasteiger partial charge in [-0.15, -0.1) is 0 Å². The average molecular weight is 378 g/mol. The topological polar surface area (TPSA) is 44.4 Å². The van der Waals surface area contributed by atoms with Gasteiger partial charge in [-0.3, -0.25) is 4.90 Å². The number of hydrogen-bond donors (Lipinski definition) is 2. The molecular weight excluding hydrogens is 346 g/mol.